The summed E-state index contributed by atoms with van der Waals surface area (Å²) in [6.07, 6.45) is 41.1. The zero-order valence-electron chi connectivity index (χ0n) is 31.1. The highest BCUT2D eigenvalue weighted by Crippen LogP contribution is 2.15. The van der Waals surface area contributed by atoms with Crippen LogP contribution >= 0.6 is 0 Å². The van der Waals surface area contributed by atoms with E-state index in [1.165, 1.54) is 96.3 Å². The predicted octanol–water partition coefficient (Wildman–Crippen LogP) is 10.7. The van der Waals surface area contributed by atoms with Gasteiger partial charge in [-0.1, -0.05) is 147 Å². The van der Waals surface area contributed by atoms with Crippen molar-refractivity contribution in [3.05, 3.63) is 36.5 Å². The van der Waals surface area contributed by atoms with Gasteiger partial charge in [-0.15, -0.1) is 0 Å². The first kappa shape index (κ1) is 45.6. The number of allylic oxidation sites excluding steroid dienone is 4. The van der Waals surface area contributed by atoms with E-state index >= 15 is 0 Å². The average Bonchev–Trinajstić information content (AvgIpc) is 3.07. The third kappa shape index (κ3) is 32.2. The van der Waals surface area contributed by atoms with Crippen LogP contribution in [0, 0.1) is 0 Å². The molecule has 0 aliphatic heterocycles. The van der Waals surface area contributed by atoms with Crippen LogP contribution in [0.1, 0.15) is 187 Å². The third-order valence-electron chi connectivity index (χ3n) is 8.68. The lowest BCUT2D eigenvalue weighted by Crippen LogP contribution is -2.40. The zero-order valence-corrected chi connectivity index (χ0v) is 31.1. The Balaban J connectivity index is 4.13. The molecule has 48 heavy (non-hydrogen) atoms. The molecule has 1 amide bonds. The van der Waals surface area contributed by atoms with Gasteiger partial charge >= 0.3 is 11.9 Å². The number of carbonyl (C=O) groups excluding carboxylic acids is 2. The normalized spacial score (nSPS) is 13.1. The molecule has 2 atom stereocenters. The number of esters is 1. The van der Waals surface area contributed by atoms with Crippen LogP contribution in [0.2, 0.25) is 0 Å². The van der Waals surface area contributed by atoms with E-state index in [9.17, 15) is 19.5 Å². The molecule has 0 aliphatic carbocycles. The van der Waals surface area contributed by atoms with Gasteiger partial charge in [0.25, 0.3) is 0 Å². The van der Waals surface area contributed by atoms with Crippen LogP contribution in [0.3, 0.4) is 0 Å². The molecule has 0 radical (unpaired) electrons. The Morgan fingerprint density at radius 1 is 0.646 bits per heavy atom. The van der Waals surface area contributed by atoms with Crippen LogP contribution in [0.15, 0.2) is 36.5 Å². The van der Waals surface area contributed by atoms with Crippen molar-refractivity contribution in [1.29, 1.82) is 0 Å². The Bertz CT molecular complexity index is 854. The molecule has 0 aromatic carbocycles. The van der Waals surface area contributed by atoms with Crippen molar-refractivity contribution in [3.8, 4) is 0 Å². The molecule has 0 saturated heterocycles. The van der Waals surface area contributed by atoms with E-state index in [4.69, 9.17) is 10.5 Å². The summed E-state index contributed by atoms with van der Waals surface area (Å²) in [5, 5.41) is 11.8. The average molecular weight is 675 g/mol. The van der Waals surface area contributed by atoms with E-state index in [0.717, 1.165) is 44.9 Å². The van der Waals surface area contributed by atoms with Crippen LogP contribution in [-0.2, 0) is 19.1 Å². The Labute approximate surface area is 295 Å². The zero-order chi connectivity index (χ0) is 35.3. The Hall–Kier alpha value is -2.41. The highest BCUT2D eigenvalue weighted by Gasteiger charge is 2.18. The maximum Gasteiger partial charge on any atom is 0.326 e. The van der Waals surface area contributed by atoms with E-state index < -0.39 is 12.0 Å². The van der Waals surface area contributed by atoms with Crippen molar-refractivity contribution in [2.75, 3.05) is 6.54 Å². The molecular formula is C41H74N2O5. The van der Waals surface area contributed by atoms with Crippen LogP contribution in [0.5, 0.6) is 0 Å². The Kier molecular flexibility index (Phi) is 34.1. The summed E-state index contributed by atoms with van der Waals surface area (Å²) in [6, 6.07) is -0.872. The fourth-order valence-corrected chi connectivity index (χ4v) is 5.70. The van der Waals surface area contributed by atoms with Crippen molar-refractivity contribution >= 4 is 17.8 Å². The highest BCUT2D eigenvalue weighted by atomic mass is 16.5. The fraction of sp³-hybridized carbons (Fsp3) is 0.780. The van der Waals surface area contributed by atoms with Crippen LogP contribution < -0.4 is 11.1 Å². The van der Waals surface area contributed by atoms with Crippen molar-refractivity contribution in [1.82, 2.24) is 5.32 Å². The summed E-state index contributed by atoms with van der Waals surface area (Å²) in [4.78, 5) is 36.0. The minimum absolute atomic E-state index is 0.142. The molecule has 7 nitrogen and oxygen atoms in total. The summed E-state index contributed by atoms with van der Waals surface area (Å²) in [5.74, 6) is -1.40. The number of amides is 1. The minimum Gasteiger partial charge on any atom is -0.480 e. The summed E-state index contributed by atoms with van der Waals surface area (Å²) in [6.45, 7) is 4.78. The number of hydrogen-bond acceptors (Lipinski definition) is 5. The number of rotatable bonds is 35. The summed E-state index contributed by atoms with van der Waals surface area (Å²) in [5.41, 5.74) is 5.46. The maximum absolute atomic E-state index is 12.6. The van der Waals surface area contributed by atoms with Gasteiger partial charge in [0.2, 0.25) is 5.91 Å². The SMILES string of the molecule is CC/C=C\C/C=C\C(/C=C\CCCCCC(=O)NC(CCCN)C(=O)O)OC(=O)CCCCCCCCCCCCCCCCCCC. The predicted molar refractivity (Wildman–Crippen MR) is 202 cm³/mol. The molecule has 0 heterocycles. The second kappa shape index (κ2) is 35.9. The number of nitrogens with one attached hydrogen (secondary N) is 1. The van der Waals surface area contributed by atoms with Gasteiger partial charge in [-0.05, 0) is 70.1 Å². The van der Waals surface area contributed by atoms with E-state index in [1.807, 2.05) is 24.3 Å². The number of aliphatic carboxylic acids is 1. The second-order valence-electron chi connectivity index (χ2n) is 13.3. The lowest BCUT2D eigenvalue weighted by atomic mass is 10.0. The first-order chi connectivity index (χ1) is 23.4. The second-order valence-corrected chi connectivity index (χ2v) is 13.3. The van der Waals surface area contributed by atoms with Crippen LogP contribution in [0.25, 0.3) is 0 Å². The van der Waals surface area contributed by atoms with Crippen molar-refractivity contribution in [2.45, 2.75) is 199 Å². The molecule has 278 valence electrons. The summed E-state index contributed by atoms with van der Waals surface area (Å²) < 4.78 is 5.78. The van der Waals surface area contributed by atoms with E-state index in [-0.39, 0.29) is 18.0 Å². The topological polar surface area (TPSA) is 119 Å². The number of nitrogens with two attached hydrogens (primary N) is 1. The molecule has 0 aromatic rings. The molecule has 4 N–H and O–H groups in total. The molecule has 7 heteroatoms. The van der Waals surface area contributed by atoms with Crippen molar-refractivity contribution in [3.63, 3.8) is 0 Å². The number of unbranched alkanes of at least 4 members (excludes halogenated alkanes) is 19. The largest absolute Gasteiger partial charge is 0.480 e. The van der Waals surface area contributed by atoms with Crippen molar-refractivity contribution < 1.29 is 24.2 Å². The Morgan fingerprint density at radius 2 is 1.17 bits per heavy atom. The number of carboxylic acid groups (broad SMARTS) is 1. The Morgan fingerprint density at radius 3 is 1.71 bits per heavy atom. The van der Waals surface area contributed by atoms with Gasteiger partial charge in [-0.2, -0.15) is 0 Å². The van der Waals surface area contributed by atoms with Gasteiger partial charge < -0.3 is 20.9 Å². The number of carbonyl (C=O) groups is 3. The fourth-order valence-electron chi connectivity index (χ4n) is 5.70. The quantitative estimate of drug-likeness (QED) is 0.0350. The van der Waals surface area contributed by atoms with Gasteiger partial charge in [0.1, 0.15) is 12.1 Å². The van der Waals surface area contributed by atoms with E-state index in [1.54, 1.807) is 0 Å². The molecule has 0 aliphatic rings. The number of carboxylic acids is 1. The molecule has 0 spiro atoms. The minimum atomic E-state index is -1.02. The van der Waals surface area contributed by atoms with Gasteiger partial charge in [0.15, 0.2) is 0 Å². The molecule has 0 saturated carbocycles. The summed E-state index contributed by atoms with van der Waals surface area (Å²) in [7, 11) is 0. The van der Waals surface area contributed by atoms with Crippen LogP contribution in [-0.4, -0.2) is 41.6 Å². The molecule has 0 aromatic heterocycles. The number of hydrogen-bond donors (Lipinski definition) is 3. The standard InChI is InChI=1S/C41H74N2O5/c1-3-5-7-9-10-11-12-13-14-15-16-17-18-19-20-25-29-35-40(45)48-37(31-26-22-8-6-4-2)32-27-23-21-24-28-34-39(44)43-38(41(46)47)33-30-36-42/h6,8,26-27,31-32,37-38H,3-5,7,9-25,28-30,33-36,42H2,1-2H3,(H,43,44)(H,46,47)/b8-6-,31-26-,32-27-. The van der Waals surface area contributed by atoms with Gasteiger partial charge in [0.05, 0.1) is 0 Å². The first-order valence-electron chi connectivity index (χ1n) is 19.8. The highest BCUT2D eigenvalue weighted by molar-refractivity contribution is 5.83. The maximum atomic E-state index is 12.6. The molecule has 2 unspecified atom stereocenters. The lowest BCUT2D eigenvalue weighted by molar-refractivity contribution is -0.145. The first-order valence-corrected chi connectivity index (χ1v) is 19.8. The molecule has 0 bridgehead atoms. The monoisotopic (exact) mass is 675 g/mol. The third-order valence-corrected chi connectivity index (χ3v) is 8.68. The van der Waals surface area contributed by atoms with E-state index in [0.29, 0.717) is 38.6 Å². The molecular weight excluding hydrogens is 600 g/mol. The summed E-state index contributed by atoms with van der Waals surface area (Å²) >= 11 is 0. The molecule has 0 rings (SSSR count). The van der Waals surface area contributed by atoms with E-state index in [2.05, 4.69) is 31.3 Å². The van der Waals surface area contributed by atoms with Gasteiger partial charge in [-0.3, -0.25) is 9.59 Å². The lowest BCUT2D eigenvalue weighted by Gasteiger charge is -2.13. The van der Waals surface area contributed by atoms with Gasteiger partial charge in [-0.25, -0.2) is 4.79 Å². The number of ether oxygens (including phenoxy) is 1. The molecule has 0 fully saturated rings. The van der Waals surface area contributed by atoms with Crippen molar-refractivity contribution in [2.24, 2.45) is 5.73 Å². The van der Waals surface area contributed by atoms with Crippen LogP contribution in [0.4, 0.5) is 0 Å². The smallest absolute Gasteiger partial charge is 0.326 e. The van der Waals surface area contributed by atoms with Gasteiger partial charge in [0, 0.05) is 12.8 Å².